The maximum absolute atomic E-state index is 13.8. The highest BCUT2D eigenvalue weighted by atomic mass is 19.1. The molecule has 2 rings (SSSR count). The summed E-state index contributed by atoms with van der Waals surface area (Å²) in [5, 5.41) is 5.34. The Bertz CT molecular complexity index is 789. The van der Waals surface area contributed by atoms with Gasteiger partial charge in [-0.2, -0.15) is 0 Å². The van der Waals surface area contributed by atoms with Gasteiger partial charge in [-0.25, -0.2) is 8.78 Å². The highest BCUT2D eigenvalue weighted by Gasteiger charge is 2.27. The van der Waals surface area contributed by atoms with E-state index >= 15 is 0 Å². The highest BCUT2D eigenvalue weighted by Crippen LogP contribution is 2.13. The summed E-state index contributed by atoms with van der Waals surface area (Å²) in [4.78, 5) is 25.0. The van der Waals surface area contributed by atoms with Crippen LogP contribution in [0.3, 0.4) is 0 Å². The molecule has 0 heterocycles. The predicted molar refractivity (Wildman–Crippen MR) is 105 cm³/mol. The van der Waals surface area contributed by atoms with Crippen molar-refractivity contribution in [1.29, 1.82) is 0 Å². The third-order valence-electron chi connectivity index (χ3n) is 4.52. The van der Waals surface area contributed by atoms with Crippen molar-refractivity contribution in [1.82, 2.24) is 10.6 Å². The van der Waals surface area contributed by atoms with Crippen molar-refractivity contribution < 1.29 is 18.4 Å². The SMILES string of the molecule is CC(CCc1ccccc1)NC(=O)[C@@H](NC(=O)c1c(F)cccc1F)C(C)C. The van der Waals surface area contributed by atoms with Gasteiger partial charge in [0.2, 0.25) is 5.91 Å². The number of carbonyl (C=O) groups is 2. The third kappa shape index (κ3) is 5.87. The second-order valence-electron chi connectivity index (χ2n) is 7.23. The van der Waals surface area contributed by atoms with Crippen molar-refractivity contribution in [3.8, 4) is 0 Å². The topological polar surface area (TPSA) is 58.2 Å². The Hall–Kier alpha value is -2.76. The number of hydrogen-bond acceptors (Lipinski definition) is 2. The van der Waals surface area contributed by atoms with Crippen LogP contribution in [-0.4, -0.2) is 23.9 Å². The van der Waals surface area contributed by atoms with Gasteiger partial charge < -0.3 is 10.6 Å². The normalized spacial score (nSPS) is 13.1. The van der Waals surface area contributed by atoms with Gasteiger partial charge in [0.05, 0.1) is 0 Å². The van der Waals surface area contributed by atoms with E-state index in [1.807, 2.05) is 37.3 Å². The number of aryl methyl sites for hydroxylation is 1. The molecule has 2 atom stereocenters. The summed E-state index contributed by atoms with van der Waals surface area (Å²) in [7, 11) is 0. The van der Waals surface area contributed by atoms with Crippen LogP contribution in [0.2, 0.25) is 0 Å². The number of benzene rings is 2. The fourth-order valence-electron chi connectivity index (χ4n) is 2.90. The van der Waals surface area contributed by atoms with Gasteiger partial charge in [0.1, 0.15) is 23.2 Å². The monoisotopic (exact) mass is 388 g/mol. The average molecular weight is 388 g/mol. The van der Waals surface area contributed by atoms with Gasteiger partial charge in [-0.3, -0.25) is 9.59 Å². The first kappa shape index (κ1) is 21.5. The molecule has 0 aliphatic heterocycles. The van der Waals surface area contributed by atoms with Crippen LogP contribution in [0.4, 0.5) is 8.78 Å². The Morgan fingerprint density at radius 1 is 0.893 bits per heavy atom. The second kappa shape index (κ2) is 9.97. The zero-order chi connectivity index (χ0) is 20.7. The van der Waals surface area contributed by atoms with Crippen LogP contribution in [0.5, 0.6) is 0 Å². The lowest BCUT2D eigenvalue weighted by Crippen LogP contribution is -2.52. The van der Waals surface area contributed by atoms with Gasteiger partial charge in [-0.1, -0.05) is 50.2 Å². The Kier molecular flexibility index (Phi) is 7.67. The second-order valence-corrected chi connectivity index (χ2v) is 7.23. The molecule has 0 aliphatic carbocycles. The highest BCUT2D eigenvalue weighted by molar-refractivity contribution is 5.98. The molecule has 0 fully saturated rings. The van der Waals surface area contributed by atoms with Crippen LogP contribution in [0.15, 0.2) is 48.5 Å². The van der Waals surface area contributed by atoms with Crippen molar-refractivity contribution in [2.75, 3.05) is 0 Å². The molecule has 0 spiro atoms. The van der Waals surface area contributed by atoms with Gasteiger partial charge in [0, 0.05) is 6.04 Å². The molecular weight excluding hydrogens is 362 g/mol. The molecule has 0 bridgehead atoms. The average Bonchev–Trinajstić information content (AvgIpc) is 2.64. The Labute approximate surface area is 164 Å². The van der Waals surface area contributed by atoms with Crippen molar-refractivity contribution in [3.05, 3.63) is 71.3 Å². The molecule has 0 aromatic heterocycles. The lowest BCUT2D eigenvalue weighted by molar-refractivity contribution is -0.124. The minimum atomic E-state index is -0.961. The molecule has 2 aromatic rings. The molecule has 4 nitrogen and oxygen atoms in total. The van der Waals surface area contributed by atoms with Gasteiger partial charge >= 0.3 is 0 Å². The first-order valence-corrected chi connectivity index (χ1v) is 9.38. The Morgan fingerprint density at radius 2 is 1.50 bits per heavy atom. The van der Waals surface area contributed by atoms with Crippen molar-refractivity contribution in [2.24, 2.45) is 5.92 Å². The number of hydrogen-bond donors (Lipinski definition) is 2. The summed E-state index contributed by atoms with van der Waals surface area (Å²) in [5.41, 5.74) is 0.491. The van der Waals surface area contributed by atoms with E-state index < -0.39 is 29.1 Å². The van der Waals surface area contributed by atoms with E-state index in [1.54, 1.807) is 13.8 Å². The Morgan fingerprint density at radius 3 is 2.07 bits per heavy atom. The maximum Gasteiger partial charge on any atom is 0.257 e. The molecular formula is C22H26F2N2O2. The van der Waals surface area contributed by atoms with Crippen LogP contribution in [0.25, 0.3) is 0 Å². The molecule has 6 heteroatoms. The molecule has 28 heavy (non-hydrogen) atoms. The maximum atomic E-state index is 13.8. The molecule has 1 unspecified atom stereocenters. The minimum absolute atomic E-state index is 0.115. The van der Waals surface area contributed by atoms with E-state index in [0.29, 0.717) is 0 Å². The number of rotatable bonds is 8. The molecule has 0 radical (unpaired) electrons. The molecule has 2 aromatic carbocycles. The first-order valence-electron chi connectivity index (χ1n) is 9.38. The quantitative estimate of drug-likeness (QED) is 0.722. The zero-order valence-corrected chi connectivity index (χ0v) is 16.3. The smallest absolute Gasteiger partial charge is 0.257 e. The summed E-state index contributed by atoms with van der Waals surface area (Å²) in [6.07, 6.45) is 1.54. The number of carbonyl (C=O) groups excluding carboxylic acids is 2. The fourth-order valence-corrected chi connectivity index (χ4v) is 2.90. The van der Waals surface area contributed by atoms with E-state index in [4.69, 9.17) is 0 Å². The van der Waals surface area contributed by atoms with Crippen LogP contribution in [-0.2, 0) is 11.2 Å². The van der Waals surface area contributed by atoms with Crippen molar-refractivity contribution >= 4 is 11.8 Å². The van der Waals surface area contributed by atoms with Gasteiger partial charge in [-0.05, 0) is 43.4 Å². The standard InChI is InChI=1S/C22H26F2N2O2/c1-14(2)20(26-21(27)19-17(23)10-7-11-18(19)24)22(28)25-15(3)12-13-16-8-5-4-6-9-16/h4-11,14-15,20H,12-13H2,1-3H3,(H,25,28)(H,26,27)/t15?,20-/m0/s1. The molecule has 0 saturated heterocycles. The lowest BCUT2D eigenvalue weighted by atomic mass is 10.0. The molecule has 150 valence electrons. The summed E-state index contributed by atoms with van der Waals surface area (Å²) in [6, 6.07) is 12.1. The van der Waals surface area contributed by atoms with Gasteiger partial charge in [0.25, 0.3) is 5.91 Å². The summed E-state index contributed by atoms with van der Waals surface area (Å²) >= 11 is 0. The van der Waals surface area contributed by atoms with Crippen LogP contribution < -0.4 is 10.6 Å². The third-order valence-corrected chi connectivity index (χ3v) is 4.52. The van der Waals surface area contributed by atoms with E-state index in [2.05, 4.69) is 10.6 Å². The number of halogens is 2. The van der Waals surface area contributed by atoms with E-state index in [0.717, 1.165) is 25.0 Å². The largest absolute Gasteiger partial charge is 0.352 e. The van der Waals surface area contributed by atoms with E-state index in [1.165, 1.54) is 11.6 Å². The molecule has 0 saturated carbocycles. The predicted octanol–water partition coefficient (Wildman–Crippen LogP) is 3.86. The van der Waals surface area contributed by atoms with Crippen molar-refractivity contribution in [2.45, 2.75) is 45.7 Å². The zero-order valence-electron chi connectivity index (χ0n) is 16.3. The fraction of sp³-hybridized carbons (Fsp3) is 0.364. The lowest BCUT2D eigenvalue weighted by Gasteiger charge is -2.24. The van der Waals surface area contributed by atoms with Crippen LogP contribution in [0.1, 0.15) is 43.1 Å². The number of amides is 2. The van der Waals surface area contributed by atoms with Gasteiger partial charge in [-0.15, -0.1) is 0 Å². The summed E-state index contributed by atoms with van der Waals surface area (Å²) in [5.74, 6) is -3.49. The molecule has 2 amide bonds. The molecule has 2 N–H and O–H groups in total. The summed E-state index contributed by atoms with van der Waals surface area (Å²) in [6.45, 7) is 5.41. The van der Waals surface area contributed by atoms with Crippen LogP contribution >= 0.6 is 0 Å². The Balaban J connectivity index is 1.98. The first-order chi connectivity index (χ1) is 13.3. The number of nitrogens with one attached hydrogen (secondary N) is 2. The minimum Gasteiger partial charge on any atom is -0.352 e. The van der Waals surface area contributed by atoms with E-state index in [-0.39, 0.29) is 17.9 Å². The molecule has 0 aliphatic rings. The van der Waals surface area contributed by atoms with Gasteiger partial charge in [0.15, 0.2) is 0 Å². The van der Waals surface area contributed by atoms with E-state index in [9.17, 15) is 18.4 Å². The van der Waals surface area contributed by atoms with Crippen molar-refractivity contribution in [3.63, 3.8) is 0 Å². The van der Waals surface area contributed by atoms with Crippen LogP contribution in [0, 0.1) is 17.6 Å². The summed E-state index contributed by atoms with van der Waals surface area (Å²) < 4.78 is 27.6.